The molecule has 6 heteroatoms. The summed E-state index contributed by atoms with van der Waals surface area (Å²) in [4.78, 5) is 11.2. The third-order valence-electron chi connectivity index (χ3n) is 3.19. The molecule has 0 radical (unpaired) electrons. The van der Waals surface area contributed by atoms with Crippen molar-refractivity contribution in [2.75, 3.05) is 0 Å². The van der Waals surface area contributed by atoms with E-state index in [0.29, 0.717) is 12.3 Å². The Morgan fingerprint density at radius 2 is 2.21 bits per heavy atom. The first kappa shape index (κ1) is 10.2. The predicted molar refractivity (Wildman–Crippen MR) is 52.0 cm³/mol. The van der Waals surface area contributed by atoms with Gasteiger partial charge in [-0.05, 0) is 25.2 Å². The first-order valence-electron chi connectivity index (χ1n) is 4.63. The van der Waals surface area contributed by atoms with Crippen LogP contribution in [0.2, 0.25) is 0 Å². The zero-order valence-electron chi connectivity index (χ0n) is 7.86. The minimum absolute atomic E-state index is 0.337. The molecule has 2 aliphatic rings. The molecule has 0 bridgehead atoms. The van der Waals surface area contributed by atoms with Gasteiger partial charge in [-0.25, -0.2) is 4.31 Å². The van der Waals surface area contributed by atoms with Crippen LogP contribution in [0.1, 0.15) is 32.6 Å². The van der Waals surface area contributed by atoms with Crippen molar-refractivity contribution in [3.8, 4) is 0 Å². The first-order chi connectivity index (χ1) is 6.35. The molecule has 0 aromatic carbocycles. The standard InChI is InChI=1S/C8H12ClNO3S/c1-6-2-3-8(4-6)5-7(11)10(8)14(9,12)13/h6H,2-5H2,1H3. The van der Waals surface area contributed by atoms with Crippen LogP contribution in [-0.4, -0.2) is 24.2 Å². The third kappa shape index (κ3) is 1.34. The number of halogens is 1. The van der Waals surface area contributed by atoms with Crippen LogP contribution in [0.15, 0.2) is 0 Å². The Bertz CT molecular complexity index is 380. The first-order valence-corrected chi connectivity index (χ1v) is 6.90. The normalized spacial score (nSPS) is 37.7. The SMILES string of the molecule is CC1CCC2(CC(=O)N2S(=O)(=O)Cl)C1. The summed E-state index contributed by atoms with van der Waals surface area (Å²) in [6.45, 7) is 2.07. The van der Waals surface area contributed by atoms with Gasteiger partial charge in [-0.3, -0.25) is 4.79 Å². The van der Waals surface area contributed by atoms with Crippen LogP contribution in [0.5, 0.6) is 0 Å². The van der Waals surface area contributed by atoms with E-state index >= 15 is 0 Å². The van der Waals surface area contributed by atoms with Crippen LogP contribution in [0, 0.1) is 5.92 Å². The summed E-state index contributed by atoms with van der Waals surface area (Å²) in [5, 5.41) is 0. The van der Waals surface area contributed by atoms with E-state index in [4.69, 9.17) is 10.7 Å². The van der Waals surface area contributed by atoms with Gasteiger partial charge < -0.3 is 0 Å². The molecule has 2 fully saturated rings. The second-order valence-corrected chi connectivity index (χ2v) is 6.71. The fourth-order valence-corrected chi connectivity index (χ4v) is 4.33. The second kappa shape index (κ2) is 2.85. The molecule has 1 spiro atoms. The zero-order valence-corrected chi connectivity index (χ0v) is 9.44. The van der Waals surface area contributed by atoms with Gasteiger partial charge in [-0.15, -0.1) is 0 Å². The maximum Gasteiger partial charge on any atom is 0.324 e. The van der Waals surface area contributed by atoms with Crippen LogP contribution < -0.4 is 0 Å². The molecule has 0 N–H and O–H groups in total. The quantitative estimate of drug-likeness (QED) is 0.510. The van der Waals surface area contributed by atoms with Crippen molar-refractivity contribution < 1.29 is 13.2 Å². The highest BCUT2D eigenvalue weighted by Crippen LogP contribution is 2.49. The molecule has 1 saturated heterocycles. The molecule has 4 nitrogen and oxygen atoms in total. The molecule has 14 heavy (non-hydrogen) atoms. The number of amides is 1. The Hall–Kier alpha value is -0.290. The van der Waals surface area contributed by atoms with Crippen molar-refractivity contribution in [2.24, 2.45) is 5.92 Å². The van der Waals surface area contributed by atoms with Gasteiger partial charge in [0.15, 0.2) is 0 Å². The molecule has 80 valence electrons. The van der Waals surface area contributed by atoms with Gasteiger partial charge in [0, 0.05) is 10.7 Å². The largest absolute Gasteiger partial charge is 0.324 e. The highest BCUT2D eigenvalue weighted by Gasteiger charge is 2.58. The number of β-lactam (4-membered cyclic amide) rings is 1. The second-order valence-electron chi connectivity index (χ2n) is 4.35. The van der Waals surface area contributed by atoms with Gasteiger partial charge in [-0.1, -0.05) is 6.92 Å². The molecular weight excluding hydrogens is 226 g/mol. The maximum atomic E-state index is 11.2. The number of hydrogen-bond donors (Lipinski definition) is 0. The molecule has 2 rings (SSSR count). The Kier molecular flexibility index (Phi) is 2.09. The molecule has 1 amide bonds. The number of carbonyl (C=O) groups excluding carboxylic acids is 1. The van der Waals surface area contributed by atoms with Crippen LogP contribution in [0.25, 0.3) is 0 Å². The van der Waals surface area contributed by atoms with Gasteiger partial charge in [0.05, 0.1) is 12.0 Å². The molecular formula is C8H12ClNO3S. The lowest BCUT2D eigenvalue weighted by molar-refractivity contribution is -0.144. The topological polar surface area (TPSA) is 54.5 Å². The van der Waals surface area contributed by atoms with Crippen LogP contribution in [-0.2, 0) is 14.0 Å². The lowest BCUT2D eigenvalue weighted by Crippen LogP contribution is -2.63. The summed E-state index contributed by atoms with van der Waals surface area (Å²) in [6, 6.07) is 0. The lowest BCUT2D eigenvalue weighted by atomic mass is 9.85. The van der Waals surface area contributed by atoms with E-state index in [0.717, 1.165) is 23.6 Å². The van der Waals surface area contributed by atoms with Gasteiger partial charge in [0.25, 0.3) is 0 Å². The van der Waals surface area contributed by atoms with Crippen LogP contribution in [0.4, 0.5) is 0 Å². The highest BCUT2D eigenvalue weighted by molar-refractivity contribution is 8.12. The van der Waals surface area contributed by atoms with Crippen molar-refractivity contribution in [1.82, 2.24) is 4.31 Å². The Balaban J connectivity index is 2.28. The zero-order chi connectivity index (χ0) is 10.6. The molecule has 1 heterocycles. The van der Waals surface area contributed by atoms with E-state index in [1.165, 1.54) is 0 Å². The predicted octanol–water partition coefficient (Wildman–Crippen LogP) is 1.26. The van der Waals surface area contributed by atoms with E-state index in [2.05, 4.69) is 6.92 Å². The minimum atomic E-state index is -3.87. The Morgan fingerprint density at radius 1 is 1.57 bits per heavy atom. The molecule has 0 aromatic rings. The summed E-state index contributed by atoms with van der Waals surface area (Å²) in [5.74, 6) is 0.109. The summed E-state index contributed by atoms with van der Waals surface area (Å²) in [7, 11) is 1.35. The fourth-order valence-electron chi connectivity index (χ4n) is 2.66. The number of carbonyl (C=O) groups is 1. The van der Waals surface area contributed by atoms with Gasteiger partial charge in [0.1, 0.15) is 0 Å². The van der Waals surface area contributed by atoms with Crippen molar-refractivity contribution in [1.29, 1.82) is 0 Å². The monoisotopic (exact) mass is 237 g/mol. The smallest absolute Gasteiger partial charge is 0.274 e. The summed E-state index contributed by atoms with van der Waals surface area (Å²) in [6.07, 6.45) is 2.82. The fraction of sp³-hybridized carbons (Fsp3) is 0.875. The van der Waals surface area contributed by atoms with Crippen molar-refractivity contribution >= 4 is 25.8 Å². The van der Waals surface area contributed by atoms with Gasteiger partial charge in [-0.2, -0.15) is 8.42 Å². The maximum absolute atomic E-state index is 11.2. The van der Waals surface area contributed by atoms with Gasteiger partial charge in [0.2, 0.25) is 5.91 Å². The van der Waals surface area contributed by atoms with E-state index in [-0.39, 0.29) is 5.91 Å². The molecule has 1 saturated carbocycles. The van der Waals surface area contributed by atoms with Crippen molar-refractivity contribution in [2.45, 2.75) is 38.1 Å². The average Bonchev–Trinajstić information content (AvgIpc) is 2.28. The Labute approximate surface area is 87.8 Å². The summed E-state index contributed by atoms with van der Waals surface area (Å²) >= 11 is 0. The Morgan fingerprint density at radius 3 is 2.57 bits per heavy atom. The molecule has 1 aliphatic heterocycles. The van der Waals surface area contributed by atoms with E-state index in [1.807, 2.05) is 0 Å². The van der Waals surface area contributed by atoms with Crippen molar-refractivity contribution in [3.05, 3.63) is 0 Å². The molecule has 0 aromatic heterocycles. The molecule has 1 aliphatic carbocycles. The van der Waals surface area contributed by atoms with E-state index in [9.17, 15) is 13.2 Å². The third-order valence-corrected chi connectivity index (χ3v) is 4.63. The molecule has 2 unspecified atom stereocenters. The average molecular weight is 238 g/mol. The number of nitrogens with zero attached hydrogens (tertiary/aromatic N) is 1. The molecule has 2 atom stereocenters. The summed E-state index contributed by atoms with van der Waals surface area (Å²) < 4.78 is 23.2. The summed E-state index contributed by atoms with van der Waals surface area (Å²) in [5.41, 5.74) is -0.475. The highest BCUT2D eigenvalue weighted by atomic mass is 35.7. The van der Waals surface area contributed by atoms with E-state index < -0.39 is 14.8 Å². The number of hydrogen-bond acceptors (Lipinski definition) is 3. The lowest BCUT2D eigenvalue weighted by Gasteiger charge is -2.47. The number of rotatable bonds is 1. The van der Waals surface area contributed by atoms with E-state index in [1.54, 1.807) is 0 Å². The van der Waals surface area contributed by atoms with Gasteiger partial charge >= 0.3 is 9.24 Å². The minimum Gasteiger partial charge on any atom is -0.274 e. The van der Waals surface area contributed by atoms with Crippen LogP contribution in [0.3, 0.4) is 0 Å². The van der Waals surface area contributed by atoms with Crippen molar-refractivity contribution in [3.63, 3.8) is 0 Å². The van der Waals surface area contributed by atoms with Crippen LogP contribution >= 0.6 is 10.7 Å².